The number of rotatable bonds is 4. The molecule has 0 radical (unpaired) electrons. The molecule has 25 heavy (non-hydrogen) atoms. The van der Waals surface area contributed by atoms with Crippen molar-refractivity contribution in [2.75, 3.05) is 10.6 Å². The number of benzene rings is 2. The highest BCUT2D eigenvalue weighted by Gasteiger charge is 2.15. The average Bonchev–Trinajstić information content (AvgIpc) is 2.64. The minimum atomic E-state index is -0.366. The van der Waals surface area contributed by atoms with Gasteiger partial charge in [0.1, 0.15) is 0 Å². The predicted octanol–water partition coefficient (Wildman–Crippen LogP) is 4.24. The van der Waals surface area contributed by atoms with Crippen LogP contribution < -0.4 is 10.6 Å². The quantitative estimate of drug-likeness (QED) is 0.738. The Kier molecular flexibility index (Phi) is 5.06. The van der Waals surface area contributed by atoms with Crippen molar-refractivity contribution < 1.29 is 9.59 Å². The Morgan fingerprint density at radius 3 is 2.40 bits per heavy atom. The van der Waals surface area contributed by atoms with Gasteiger partial charge in [-0.3, -0.25) is 14.6 Å². The molecule has 0 fully saturated rings. The van der Waals surface area contributed by atoms with Crippen molar-refractivity contribution in [1.29, 1.82) is 0 Å². The van der Waals surface area contributed by atoms with Crippen molar-refractivity contribution in [2.24, 2.45) is 0 Å². The van der Waals surface area contributed by atoms with Gasteiger partial charge in [0.05, 0.1) is 16.8 Å². The third-order valence-corrected chi connectivity index (χ3v) is 3.66. The zero-order chi connectivity index (χ0) is 17.6. The minimum Gasteiger partial charge on any atom is -0.322 e. The number of amides is 2. The molecule has 0 aliphatic rings. The van der Waals surface area contributed by atoms with Crippen LogP contribution in [0.2, 0.25) is 5.02 Å². The lowest BCUT2D eigenvalue weighted by molar-refractivity contribution is 0.102. The van der Waals surface area contributed by atoms with E-state index in [4.69, 9.17) is 11.6 Å². The lowest BCUT2D eigenvalue weighted by Crippen LogP contribution is -2.18. The first kappa shape index (κ1) is 16.7. The number of anilines is 2. The van der Waals surface area contributed by atoms with Crippen LogP contribution in [0.15, 0.2) is 73.1 Å². The first-order valence-corrected chi connectivity index (χ1v) is 7.88. The largest absolute Gasteiger partial charge is 0.322 e. The summed E-state index contributed by atoms with van der Waals surface area (Å²) >= 11 is 6.01. The summed E-state index contributed by atoms with van der Waals surface area (Å²) in [6.07, 6.45) is 3.03. The SMILES string of the molecule is O=C(Nc1ccc(Cl)cc1C(=O)Nc1ccccc1)c1cccnc1. The Hall–Kier alpha value is -3.18. The van der Waals surface area contributed by atoms with Gasteiger partial charge in [0.25, 0.3) is 11.8 Å². The Morgan fingerprint density at radius 2 is 1.68 bits per heavy atom. The number of halogens is 1. The second kappa shape index (κ2) is 7.59. The molecule has 124 valence electrons. The Morgan fingerprint density at radius 1 is 0.880 bits per heavy atom. The summed E-state index contributed by atoms with van der Waals surface area (Å²) in [5, 5.41) is 5.90. The van der Waals surface area contributed by atoms with E-state index in [1.807, 2.05) is 18.2 Å². The van der Waals surface area contributed by atoms with Crippen molar-refractivity contribution in [3.63, 3.8) is 0 Å². The summed E-state index contributed by atoms with van der Waals surface area (Å²) in [5.74, 6) is -0.723. The fourth-order valence-corrected chi connectivity index (χ4v) is 2.40. The van der Waals surface area contributed by atoms with Gasteiger partial charge < -0.3 is 10.6 Å². The minimum absolute atomic E-state index is 0.272. The molecule has 3 aromatic rings. The van der Waals surface area contributed by atoms with Crippen LogP contribution in [0, 0.1) is 0 Å². The smallest absolute Gasteiger partial charge is 0.257 e. The number of carbonyl (C=O) groups excluding carboxylic acids is 2. The second-order valence-corrected chi connectivity index (χ2v) is 5.64. The van der Waals surface area contributed by atoms with Crippen LogP contribution in [0.4, 0.5) is 11.4 Å². The van der Waals surface area contributed by atoms with Gasteiger partial charge in [-0.05, 0) is 42.5 Å². The number of carbonyl (C=O) groups is 2. The summed E-state index contributed by atoms with van der Waals surface area (Å²) in [5.41, 5.74) is 1.68. The molecule has 0 unspecified atom stereocenters. The van der Waals surface area contributed by atoms with Crippen LogP contribution in [0.5, 0.6) is 0 Å². The molecule has 2 N–H and O–H groups in total. The molecular formula is C19H14ClN3O2. The maximum absolute atomic E-state index is 12.6. The van der Waals surface area contributed by atoms with Gasteiger partial charge in [0.15, 0.2) is 0 Å². The van der Waals surface area contributed by atoms with E-state index in [0.717, 1.165) is 0 Å². The number of aromatic nitrogens is 1. The first-order chi connectivity index (χ1) is 12.1. The highest BCUT2D eigenvalue weighted by Crippen LogP contribution is 2.22. The molecule has 0 saturated heterocycles. The van der Waals surface area contributed by atoms with E-state index in [2.05, 4.69) is 15.6 Å². The van der Waals surface area contributed by atoms with E-state index < -0.39 is 0 Å². The van der Waals surface area contributed by atoms with Crippen molar-refractivity contribution in [3.8, 4) is 0 Å². The van der Waals surface area contributed by atoms with Crippen LogP contribution in [0.1, 0.15) is 20.7 Å². The standard InChI is InChI=1S/C19H14ClN3O2/c20-14-8-9-17(23-18(24)13-5-4-10-21-12-13)16(11-14)19(25)22-15-6-2-1-3-7-15/h1-12H,(H,22,25)(H,23,24). The van der Waals surface area contributed by atoms with Crippen LogP contribution >= 0.6 is 11.6 Å². The van der Waals surface area contributed by atoms with Gasteiger partial charge in [-0.25, -0.2) is 0 Å². The molecule has 1 heterocycles. The van der Waals surface area contributed by atoms with E-state index in [0.29, 0.717) is 22.0 Å². The van der Waals surface area contributed by atoms with Crippen molar-refractivity contribution in [2.45, 2.75) is 0 Å². The average molecular weight is 352 g/mol. The van der Waals surface area contributed by atoms with E-state index in [9.17, 15) is 9.59 Å². The van der Waals surface area contributed by atoms with Gasteiger partial charge >= 0.3 is 0 Å². The summed E-state index contributed by atoms with van der Waals surface area (Å²) in [4.78, 5) is 28.8. The molecule has 0 saturated carbocycles. The fourth-order valence-electron chi connectivity index (χ4n) is 2.22. The number of pyridine rings is 1. The Labute approximate surface area is 149 Å². The molecule has 0 bridgehead atoms. The number of nitrogens with zero attached hydrogens (tertiary/aromatic N) is 1. The number of hydrogen-bond acceptors (Lipinski definition) is 3. The normalized spacial score (nSPS) is 10.1. The van der Waals surface area contributed by atoms with Crippen LogP contribution in [-0.2, 0) is 0 Å². The van der Waals surface area contributed by atoms with Crippen molar-refractivity contribution in [3.05, 3.63) is 89.2 Å². The zero-order valence-corrected chi connectivity index (χ0v) is 13.8. The topological polar surface area (TPSA) is 71.1 Å². The lowest BCUT2D eigenvalue weighted by atomic mass is 10.1. The van der Waals surface area contributed by atoms with Gasteiger partial charge in [-0.15, -0.1) is 0 Å². The highest BCUT2D eigenvalue weighted by molar-refractivity contribution is 6.31. The molecule has 5 nitrogen and oxygen atoms in total. The molecule has 0 aliphatic heterocycles. The number of nitrogens with one attached hydrogen (secondary N) is 2. The maximum Gasteiger partial charge on any atom is 0.257 e. The second-order valence-electron chi connectivity index (χ2n) is 5.21. The van der Waals surface area contributed by atoms with Crippen molar-refractivity contribution >= 4 is 34.8 Å². The monoisotopic (exact) mass is 351 g/mol. The number of hydrogen-bond donors (Lipinski definition) is 2. The Balaban J connectivity index is 1.85. The molecule has 1 aromatic heterocycles. The van der Waals surface area contributed by atoms with Gasteiger partial charge in [0, 0.05) is 23.1 Å². The Bertz CT molecular complexity index is 899. The fraction of sp³-hybridized carbons (Fsp3) is 0. The molecular weight excluding hydrogens is 338 g/mol. The van der Waals surface area contributed by atoms with Crippen LogP contribution in [0.3, 0.4) is 0 Å². The molecule has 3 rings (SSSR count). The number of para-hydroxylation sites is 1. The summed E-state index contributed by atoms with van der Waals surface area (Å²) in [6, 6.07) is 17.1. The molecule has 0 atom stereocenters. The van der Waals surface area contributed by atoms with E-state index in [1.54, 1.807) is 42.6 Å². The first-order valence-electron chi connectivity index (χ1n) is 7.51. The van der Waals surface area contributed by atoms with E-state index in [-0.39, 0.29) is 17.4 Å². The molecule has 0 spiro atoms. The molecule has 6 heteroatoms. The molecule has 2 aromatic carbocycles. The van der Waals surface area contributed by atoms with Gasteiger partial charge in [-0.1, -0.05) is 29.8 Å². The third kappa shape index (κ3) is 4.22. The zero-order valence-electron chi connectivity index (χ0n) is 13.1. The third-order valence-electron chi connectivity index (χ3n) is 3.43. The summed E-state index contributed by atoms with van der Waals surface area (Å²) in [6.45, 7) is 0. The van der Waals surface area contributed by atoms with Gasteiger partial charge in [0.2, 0.25) is 0 Å². The predicted molar refractivity (Wildman–Crippen MR) is 98.0 cm³/mol. The van der Waals surface area contributed by atoms with Gasteiger partial charge in [-0.2, -0.15) is 0 Å². The highest BCUT2D eigenvalue weighted by atomic mass is 35.5. The lowest BCUT2D eigenvalue weighted by Gasteiger charge is -2.12. The van der Waals surface area contributed by atoms with E-state index in [1.165, 1.54) is 12.3 Å². The van der Waals surface area contributed by atoms with Crippen molar-refractivity contribution in [1.82, 2.24) is 4.98 Å². The van der Waals surface area contributed by atoms with Crippen LogP contribution in [-0.4, -0.2) is 16.8 Å². The summed E-state index contributed by atoms with van der Waals surface area (Å²) < 4.78 is 0. The summed E-state index contributed by atoms with van der Waals surface area (Å²) in [7, 11) is 0. The van der Waals surface area contributed by atoms with Crippen LogP contribution in [0.25, 0.3) is 0 Å². The molecule has 0 aliphatic carbocycles. The molecule has 2 amide bonds. The maximum atomic E-state index is 12.6. The van der Waals surface area contributed by atoms with E-state index >= 15 is 0 Å².